The van der Waals surface area contributed by atoms with Gasteiger partial charge in [0, 0.05) is 31.9 Å². The second kappa shape index (κ2) is 9.12. The number of halogens is 1. The number of rotatable bonds is 6. The van der Waals surface area contributed by atoms with E-state index >= 15 is 0 Å². The van der Waals surface area contributed by atoms with E-state index in [1.165, 1.54) is 62.1 Å². The Kier molecular flexibility index (Phi) is 6.09. The average Bonchev–Trinajstić information content (AvgIpc) is 3.45. The van der Waals surface area contributed by atoms with E-state index in [9.17, 15) is 0 Å². The monoisotopic (exact) mass is 483 g/mol. The summed E-state index contributed by atoms with van der Waals surface area (Å²) < 4.78 is 0.776. The maximum Gasteiger partial charge on any atom is 0.161 e. The highest BCUT2D eigenvalue weighted by molar-refractivity contribution is 9.10. The molecule has 0 aliphatic carbocycles. The summed E-state index contributed by atoms with van der Waals surface area (Å²) in [4.78, 5) is 16.3. The van der Waals surface area contributed by atoms with Crippen molar-refractivity contribution in [2.45, 2.75) is 32.6 Å². The third-order valence-electron chi connectivity index (χ3n) is 6.69. The highest BCUT2D eigenvalue weighted by atomic mass is 79.9. The van der Waals surface area contributed by atoms with Crippen LogP contribution in [-0.2, 0) is 6.42 Å². The Morgan fingerprint density at radius 3 is 2.58 bits per heavy atom. The number of H-pyrrole nitrogens is 1. The number of fused-ring (bicyclic) bond motifs is 1. The SMILES string of the molecule is Cc1ccc(N2CCN(c3ncnc4[nH]nc(Br)c34)CC2)cc1CCCN1CCCC1. The van der Waals surface area contributed by atoms with Gasteiger partial charge < -0.3 is 14.7 Å². The molecule has 164 valence electrons. The molecule has 0 amide bonds. The summed E-state index contributed by atoms with van der Waals surface area (Å²) in [5, 5.41) is 8.15. The molecular weight excluding hydrogens is 454 g/mol. The molecule has 0 atom stereocenters. The van der Waals surface area contributed by atoms with Crippen molar-refractivity contribution in [2.75, 3.05) is 55.6 Å². The molecule has 0 bridgehead atoms. The summed E-state index contributed by atoms with van der Waals surface area (Å²) in [5.74, 6) is 0.955. The highest BCUT2D eigenvalue weighted by Crippen LogP contribution is 2.30. The number of piperazine rings is 1. The first-order valence-corrected chi connectivity index (χ1v) is 12.1. The fourth-order valence-electron chi connectivity index (χ4n) is 4.85. The summed E-state index contributed by atoms with van der Waals surface area (Å²) in [7, 11) is 0. The van der Waals surface area contributed by atoms with Gasteiger partial charge >= 0.3 is 0 Å². The van der Waals surface area contributed by atoms with Crippen LogP contribution in [0.3, 0.4) is 0 Å². The minimum Gasteiger partial charge on any atom is -0.368 e. The number of hydrogen-bond donors (Lipinski definition) is 1. The van der Waals surface area contributed by atoms with E-state index in [2.05, 4.69) is 75.9 Å². The zero-order valence-electron chi connectivity index (χ0n) is 18.1. The average molecular weight is 484 g/mol. The Bertz CT molecular complexity index is 1040. The Labute approximate surface area is 192 Å². The van der Waals surface area contributed by atoms with Crippen LogP contribution in [0.1, 0.15) is 30.4 Å². The topological polar surface area (TPSA) is 64.2 Å². The molecule has 2 aromatic heterocycles. The second-order valence-electron chi connectivity index (χ2n) is 8.67. The number of aromatic amines is 1. The van der Waals surface area contributed by atoms with Crippen molar-refractivity contribution < 1.29 is 0 Å². The Morgan fingerprint density at radius 1 is 1.00 bits per heavy atom. The molecule has 1 N–H and O–H groups in total. The molecule has 2 saturated heterocycles. The molecule has 0 saturated carbocycles. The lowest BCUT2D eigenvalue weighted by atomic mass is 10.0. The molecule has 4 heterocycles. The van der Waals surface area contributed by atoms with E-state index in [0.29, 0.717) is 0 Å². The van der Waals surface area contributed by atoms with Gasteiger partial charge in [-0.2, -0.15) is 5.10 Å². The standard InChI is InChI=1S/C23H30BrN7/c1-17-6-7-19(15-18(17)5-4-10-29-8-2-3-9-29)30-11-13-31(14-12-30)23-20-21(24)27-28-22(20)25-16-26-23/h6-7,15-16H,2-5,8-14H2,1H3,(H,25,26,27,28). The van der Waals surface area contributed by atoms with Crippen LogP contribution >= 0.6 is 15.9 Å². The van der Waals surface area contributed by atoms with Crippen LogP contribution in [0.5, 0.6) is 0 Å². The van der Waals surface area contributed by atoms with Crippen LogP contribution in [0.2, 0.25) is 0 Å². The Hall–Kier alpha value is -2.19. The summed E-state index contributed by atoms with van der Waals surface area (Å²) in [6.45, 7) is 9.89. The normalized spacial score (nSPS) is 17.7. The molecular formula is C23H30BrN7. The third-order valence-corrected chi connectivity index (χ3v) is 7.26. The number of hydrogen-bond acceptors (Lipinski definition) is 6. The van der Waals surface area contributed by atoms with Gasteiger partial charge in [0.15, 0.2) is 5.65 Å². The van der Waals surface area contributed by atoms with E-state index in [4.69, 9.17) is 0 Å². The van der Waals surface area contributed by atoms with Crippen molar-refractivity contribution >= 4 is 38.5 Å². The molecule has 1 aromatic carbocycles. The van der Waals surface area contributed by atoms with Gasteiger partial charge in [-0.25, -0.2) is 9.97 Å². The van der Waals surface area contributed by atoms with Crippen LogP contribution in [0.25, 0.3) is 11.0 Å². The summed E-state index contributed by atoms with van der Waals surface area (Å²) in [6.07, 6.45) is 6.78. The van der Waals surface area contributed by atoms with Gasteiger partial charge in [-0.1, -0.05) is 6.07 Å². The molecule has 5 rings (SSSR count). The maximum absolute atomic E-state index is 4.56. The molecule has 7 nitrogen and oxygen atoms in total. The van der Waals surface area contributed by atoms with E-state index < -0.39 is 0 Å². The Balaban J connectivity index is 1.23. The van der Waals surface area contributed by atoms with Crippen LogP contribution in [0.4, 0.5) is 11.5 Å². The van der Waals surface area contributed by atoms with Crippen molar-refractivity contribution in [2.24, 2.45) is 0 Å². The molecule has 2 aliphatic heterocycles. The van der Waals surface area contributed by atoms with Gasteiger partial charge in [0.1, 0.15) is 16.7 Å². The number of benzene rings is 1. The first-order valence-electron chi connectivity index (χ1n) is 11.4. The molecule has 2 fully saturated rings. The molecule has 0 radical (unpaired) electrons. The minimum atomic E-state index is 0.774. The fraction of sp³-hybridized carbons (Fsp3) is 0.522. The zero-order valence-corrected chi connectivity index (χ0v) is 19.7. The quantitative estimate of drug-likeness (QED) is 0.575. The van der Waals surface area contributed by atoms with Crippen molar-refractivity contribution in [3.63, 3.8) is 0 Å². The number of nitrogens with one attached hydrogen (secondary N) is 1. The lowest BCUT2D eigenvalue weighted by molar-refractivity contribution is 0.334. The van der Waals surface area contributed by atoms with E-state index in [-0.39, 0.29) is 0 Å². The zero-order chi connectivity index (χ0) is 21.2. The van der Waals surface area contributed by atoms with Gasteiger partial charge in [0.2, 0.25) is 0 Å². The van der Waals surface area contributed by atoms with Gasteiger partial charge in [-0.15, -0.1) is 0 Å². The molecule has 0 spiro atoms. The number of anilines is 2. The molecule has 0 unspecified atom stereocenters. The molecule has 3 aromatic rings. The van der Waals surface area contributed by atoms with Crippen molar-refractivity contribution in [3.05, 3.63) is 40.3 Å². The predicted octanol–water partition coefficient (Wildman–Crippen LogP) is 3.78. The van der Waals surface area contributed by atoms with Crippen LogP contribution in [-0.4, -0.2) is 70.9 Å². The van der Waals surface area contributed by atoms with Gasteiger partial charge in [0.25, 0.3) is 0 Å². The van der Waals surface area contributed by atoms with E-state index in [1.54, 1.807) is 6.33 Å². The first kappa shape index (κ1) is 20.7. The molecule has 2 aliphatic rings. The Morgan fingerprint density at radius 2 is 1.77 bits per heavy atom. The minimum absolute atomic E-state index is 0.774. The largest absolute Gasteiger partial charge is 0.368 e. The number of aryl methyl sites for hydroxylation is 2. The van der Waals surface area contributed by atoms with E-state index in [1.807, 2.05) is 0 Å². The maximum atomic E-state index is 4.56. The predicted molar refractivity (Wildman–Crippen MR) is 129 cm³/mol. The van der Waals surface area contributed by atoms with Crippen molar-refractivity contribution in [1.82, 2.24) is 25.1 Å². The summed E-state index contributed by atoms with van der Waals surface area (Å²) in [5.41, 5.74) is 5.03. The summed E-state index contributed by atoms with van der Waals surface area (Å²) in [6, 6.07) is 7.00. The number of nitrogens with zero attached hydrogens (tertiary/aromatic N) is 6. The second-order valence-corrected chi connectivity index (χ2v) is 9.42. The first-order chi connectivity index (χ1) is 15.2. The highest BCUT2D eigenvalue weighted by Gasteiger charge is 2.22. The third kappa shape index (κ3) is 4.41. The van der Waals surface area contributed by atoms with E-state index in [0.717, 1.165) is 47.6 Å². The van der Waals surface area contributed by atoms with Crippen molar-refractivity contribution in [1.29, 1.82) is 0 Å². The molecule has 31 heavy (non-hydrogen) atoms. The smallest absolute Gasteiger partial charge is 0.161 e. The fourth-order valence-corrected chi connectivity index (χ4v) is 5.30. The number of aromatic nitrogens is 4. The lowest BCUT2D eigenvalue weighted by Gasteiger charge is -2.37. The van der Waals surface area contributed by atoms with Gasteiger partial charge in [-0.3, -0.25) is 5.10 Å². The van der Waals surface area contributed by atoms with Gasteiger partial charge in [0.05, 0.1) is 5.39 Å². The molecule has 8 heteroatoms. The number of likely N-dealkylation sites (tertiary alicyclic amines) is 1. The van der Waals surface area contributed by atoms with Crippen LogP contribution in [0.15, 0.2) is 29.1 Å². The van der Waals surface area contributed by atoms with Crippen LogP contribution in [0, 0.1) is 6.92 Å². The van der Waals surface area contributed by atoms with Gasteiger partial charge in [-0.05, 0) is 91.4 Å². The summed E-state index contributed by atoms with van der Waals surface area (Å²) >= 11 is 3.53. The van der Waals surface area contributed by atoms with Crippen LogP contribution < -0.4 is 9.80 Å². The lowest BCUT2D eigenvalue weighted by Crippen LogP contribution is -2.47. The van der Waals surface area contributed by atoms with Crippen molar-refractivity contribution in [3.8, 4) is 0 Å².